The fourth-order valence-corrected chi connectivity index (χ4v) is 7.51. The first kappa shape index (κ1) is 29.6. The van der Waals surface area contributed by atoms with Crippen LogP contribution in [-0.2, 0) is 9.53 Å². The number of ether oxygens (including phenoxy) is 4. The van der Waals surface area contributed by atoms with Crippen molar-refractivity contribution in [3.05, 3.63) is 79.6 Å². The van der Waals surface area contributed by atoms with Gasteiger partial charge in [-0.2, -0.15) is 0 Å². The van der Waals surface area contributed by atoms with E-state index in [0.717, 1.165) is 18.5 Å². The molecule has 0 N–H and O–H groups in total. The van der Waals surface area contributed by atoms with Gasteiger partial charge in [0.25, 0.3) is 5.56 Å². The van der Waals surface area contributed by atoms with Gasteiger partial charge in [0.2, 0.25) is 0 Å². The molecule has 39 heavy (non-hydrogen) atoms. The number of carbonyl (C=O) groups excluding carboxylic acids is 1. The largest absolute Gasteiger partial charge is 0.493 e. The molecule has 1 aliphatic rings. The molecule has 0 spiro atoms. The zero-order valence-corrected chi connectivity index (χ0v) is 27.3. The number of rotatable bonds is 9. The lowest BCUT2D eigenvalue weighted by molar-refractivity contribution is -0.139. The van der Waals surface area contributed by atoms with Crippen molar-refractivity contribution in [1.29, 1.82) is 0 Å². The molecule has 11 heteroatoms. The van der Waals surface area contributed by atoms with Crippen LogP contribution in [0.25, 0.3) is 6.08 Å². The highest BCUT2D eigenvalue weighted by atomic mass is 127. The van der Waals surface area contributed by atoms with E-state index in [1.807, 2.05) is 38.1 Å². The Hall–Kier alpha value is -2.39. The molecule has 1 aliphatic heterocycles. The Morgan fingerprint density at radius 2 is 1.74 bits per heavy atom. The first-order valence-corrected chi connectivity index (χ1v) is 15.3. The fraction of sp³-hybridized carbons (Fsp3) is 0.321. The number of nitrogens with zero attached hydrogens (tertiary/aromatic N) is 2. The number of allylic oxidation sites excluding steroid dienone is 1. The third kappa shape index (κ3) is 6.04. The number of methoxy groups -OCH3 is 1. The van der Waals surface area contributed by atoms with Gasteiger partial charge in [-0.3, -0.25) is 9.36 Å². The Morgan fingerprint density at radius 1 is 1.05 bits per heavy atom. The summed E-state index contributed by atoms with van der Waals surface area (Å²) in [6, 6.07) is 8.64. The smallest absolute Gasteiger partial charge is 0.338 e. The highest BCUT2D eigenvalue weighted by molar-refractivity contribution is 14.1. The number of halogens is 2. The standard InChI is InChI=1S/C28H28I2N2O6S/c1-6-36-21-14-17(9-10-20(21)35-5)24-23(27(34)38-8-3)15(4)31-28-32(24)26(33)22(39-28)13-16-11-18(29)25(37-7-2)19(30)12-16/h9-14,24H,6-8H2,1-5H3/b22-13-/t24-/m0/s1. The SMILES string of the molecule is CCOC(=O)C1=C(C)N=c2s/c(=C\c3cc(I)c(OCC)c(I)c3)c(=O)n2[C@H]1c1ccc(OC)c(OCC)c1. The van der Waals surface area contributed by atoms with E-state index < -0.39 is 12.0 Å². The Balaban J connectivity index is 1.94. The van der Waals surface area contributed by atoms with Crippen molar-refractivity contribution in [2.75, 3.05) is 26.9 Å². The van der Waals surface area contributed by atoms with Crippen molar-refractivity contribution >= 4 is 68.6 Å². The van der Waals surface area contributed by atoms with Gasteiger partial charge in [-0.05, 0) is 114 Å². The highest BCUT2D eigenvalue weighted by Gasteiger charge is 2.34. The van der Waals surface area contributed by atoms with Gasteiger partial charge in [0.1, 0.15) is 5.75 Å². The number of fused-ring (bicyclic) bond motifs is 1. The summed E-state index contributed by atoms with van der Waals surface area (Å²) in [6.07, 6.45) is 1.85. The van der Waals surface area contributed by atoms with Crippen LogP contribution in [-0.4, -0.2) is 37.5 Å². The maximum atomic E-state index is 13.9. The van der Waals surface area contributed by atoms with Crippen LogP contribution in [0, 0.1) is 7.14 Å². The zero-order chi connectivity index (χ0) is 28.3. The topological polar surface area (TPSA) is 88.4 Å². The molecule has 1 aromatic heterocycles. The van der Waals surface area contributed by atoms with E-state index in [1.165, 1.54) is 11.3 Å². The van der Waals surface area contributed by atoms with Gasteiger partial charge in [-0.25, -0.2) is 9.79 Å². The molecule has 0 fully saturated rings. The van der Waals surface area contributed by atoms with Crippen LogP contribution in [0.15, 0.2) is 51.4 Å². The summed E-state index contributed by atoms with van der Waals surface area (Å²) < 4.78 is 26.4. The average molecular weight is 774 g/mol. The second-order valence-corrected chi connectivity index (χ2v) is 11.7. The van der Waals surface area contributed by atoms with Crippen LogP contribution < -0.4 is 29.1 Å². The van der Waals surface area contributed by atoms with Gasteiger partial charge < -0.3 is 18.9 Å². The molecule has 206 valence electrons. The van der Waals surface area contributed by atoms with Crippen LogP contribution in [0.1, 0.15) is 44.9 Å². The lowest BCUT2D eigenvalue weighted by Gasteiger charge is -2.25. The molecule has 0 radical (unpaired) electrons. The van der Waals surface area contributed by atoms with Gasteiger partial charge >= 0.3 is 5.97 Å². The number of aromatic nitrogens is 1. The van der Waals surface area contributed by atoms with E-state index in [0.29, 0.717) is 50.9 Å². The predicted molar refractivity (Wildman–Crippen MR) is 168 cm³/mol. The van der Waals surface area contributed by atoms with Crippen molar-refractivity contribution in [2.45, 2.75) is 33.7 Å². The average Bonchev–Trinajstić information content (AvgIpc) is 3.19. The van der Waals surface area contributed by atoms with Gasteiger partial charge in [-0.1, -0.05) is 17.4 Å². The number of carbonyl (C=O) groups is 1. The molecule has 4 rings (SSSR count). The molecule has 3 aromatic rings. The zero-order valence-electron chi connectivity index (χ0n) is 22.2. The van der Waals surface area contributed by atoms with Crippen molar-refractivity contribution in [2.24, 2.45) is 4.99 Å². The second-order valence-electron chi connectivity index (χ2n) is 8.39. The molecule has 2 aromatic carbocycles. The van der Waals surface area contributed by atoms with Gasteiger partial charge in [0.05, 0.1) is 55.9 Å². The van der Waals surface area contributed by atoms with E-state index in [9.17, 15) is 9.59 Å². The monoisotopic (exact) mass is 774 g/mol. The molecule has 8 nitrogen and oxygen atoms in total. The minimum atomic E-state index is -0.742. The van der Waals surface area contributed by atoms with Crippen molar-refractivity contribution in [1.82, 2.24) is 4.57 Å². The summed E-state index contributed by atoms with van der Waals surface area (Å²) >= 11 is 5.77. The van der Waals surface area contributed by atoms with Crippen LogP contribution in [0.3, 0.4) is 0 Å². The summed E-state index contributed by atoms with van der Waals surface area (Å²) in [4.78, 5) is 32.3. The van der Waals surface area contributed by atoms with E-state index >= 15 is 0 Å². The van der Waals surface area contributed by atoms with Crippen molar-refractivity contribution in [3.8, 4) is 17.2 Å². The summed E-state index contributed by atoms with van der Waals surface area (Å²) in [5.74, 6) is 1.40. The number of benzene rings is 2. The predicted octanol–water partition coefficient (Wildman–Crippen LogP) is 4.81. The Bertz CT molecular complexity index is 1600. The third-order valence-corrected chi connectivity index (χ3v) is 8.51. The maximum absolute atomic E-state index is 13.9. The fourth-order valence-electron chi connectivity index (χ4n) is 4.34. The lowest BCUT2D eigenvalue weighted by Crippen LogP contribution is -2.40. The Labute approximate surface area is 257 Å². The van der Waals surface area contributed by atoms with Gasteiger partial charge in [-0.15, -0.1) is 0 Å². The van der Waals surface area contributed by atoms with E-state index in [4.69, 9.17) is 18.9 Å². The molecule has 2 heterocycles. The van der Waals surface area contributed by atoms with Crippen LogP contribution in [0.2, 0.25) is 0 Å². The Morgan fingerprint density at radius 3 is 2.36 bits per heavy atom. The minimum absolute atomic E-state index is 0.203. The summed E-state index contributed by atoms with van der Waals surface area (Å²) in [5.41, 5.74) is 2.14. The van der Waals surface area contributed by atoms with E-state index in [1.54, 1.807) is 37.7 Å². The van der Waals surface area contributed by atoms with Crippen LogP contribution >= 0.6 is 56.5 Å². The quantitative estimate of drug-likeness (QED) is 0.229. The highest BCUT2D eigenvalue weighted by Crippen LogP contribution is 2.36. The van der Waals surface area contributed by atoms with Gasteiger partial charge in [0, 0.05) is 0 Å². The molecule has 0 bridgehead atoms. The summed E-state index contributed by atoms with van der Waals surface area (Å²) in [5, 5.41) is 0. The normalized spacial score (nSPS) is 15.1. The Kier molecular flexibility index (Phi) is 9.75. The van der Waals surface area contributed by atoms with Crippen LogP contribution in [0.4, 0.5) is 0 Å². The summed E-state index contributed by atoms with van der Waals surface area (Å²) in [7, 11) is 1.57. The number of hydrogen-bond donors (Lipinski definition) is 0. The number of esters is 1. The number of thiazole rings is 1. The van der Waals surface area contributed by atoms with Crippen LogP contribution in [0.5, 0.6) is 17.2 Å². The molecule has 0 aliphatic carbocycles. The molecule has 0 amide bonds. The molecular formula is C28H28I2N2O6S. The molecule has 0 saturated heterocycles. The second kappa shape index (κ2) is 12.9. The molecule has 0 unspecified atom stereocenters. The number of hydrogen-bond acceptors (Lipinski definition) is 8. The first-order chi connectivity index (χ1) is 18.7. The van der Waals surface area contributed by atoms with Gasteiger partial charge in [0.15, 0.2) is 16.3 Å². The molecular weight excluding hydrogens is 746 g/mol. The van der Waals surface area contributed by atoms with Crippen molar-refractivity contribution < 1.29 is 23.7 Å². The minimum Gasteiger partial charge on any atom is -0.493 e. The van der Waals surface area contributed by atoms with Crippen molar-refractivity contribution in [3.63, 3.8) is 0 Å². The third-order valence-electron chi connectivity index (χ3n) is 5.93. The molecule has 0 saturated carbocycles. The van der Waals surface area contributed by atoms with E-state index in [2.05, 4.69) is 50.2 Å². The lowest BCUT2D eigenvalue weighted by atomic mass is 9.95. The molecule has 1 atom stereocenters. The maximum Gasteiger partial charge on any atom is 0.338 e. The first-order valence-electron chi connectivity index (χ1n) is 12.4. The van der Waals surface area contributed by atoms with E-state index in [-0.39, 0.29) is 12.2 Å². The summed E-state index contributed by atoms with van der Waals surface area (Å²) in [6.45, 7) is 8.55.